The predicted octanol–water partition coefficient (Wildman–Crippen LogP) is 13.4. The molecule has 6 aromatic carbocycles. The molecule has 1 heterocycles. The standard InChI is InChI=1S/C43H28F6N2O/c44-41(45)37-38(42(46,47)43(41,48)49)40(30-23-27-36(28-24-30)51(33-17-9-3-10-18-33)34-19-11-4-12-20-34)52-39(37)29-21-25-35(26-22-29)50(31-13-5-1-6-14-31)32-15-7-2-8-16-32/h1-28H. The van der Waals surface area contributed by atoms with Crippen LogP contribution in [0.2, 0.25) is 0 Å². The van der Waals surface area contributed by atoms with Crippen LogP contribution in [0.1, 0.15) is 11.1 Å². The number of rotatable bonds is 8. The second-order valence-electron chi connectivity index (χ2n) is 12.3. The zero-order valence-electron chi connectivity index (χ0n) is 27.2. The number of fused-ring (bicyclic) bond motifs is 1. The molecule has 1 aromatic heterocycles. The van der Waals surface area contributed by atoms with E-state index in [-0.39, 0.29) is 11.1 Å². The summed E-state index contributed by atoms with van der Waals surface area (Å²) in [4.78, 5) is 3.82. The van der Waals surface area contributed by atoms with E-state index in [4.69, 9.17) is 4.42 Å². The van der Waals surface area contributed by atoms with Gasteiger partial charge in [0.15, 0.2) is 0 Å². The molecular formula is C43H28F6N2O. The van der Waals surface area contributed by atoms with Crippen molar-refractivity contribution in [2.75, 3.05) is 9.80 Å². The van der Waals surface area contributed by atoms with Crippen LogP contribution >= 0.6 is 0 Å². The predicted molar refractivity (Wildman–Crippen MR) is 192 cm³/mol. The van der Waals surface area contributed by atoms with Crippen LogP contribution in [-0.4, -0.2) is 5.92 Å². The van der Waals surface area contributed by atoms with Crippen LogP contribution < -0.4 is 9.80 Å². The second kappa shape index (κ2) is 12.5. The Morgan fingerprint density at radius 2 is 0.577 bits per heavy atom. The Bertz CT molecular complexity index is 2070. The summed E-state index contributed by atoms with van der Waals surface area (Å²) in [5, 5.41) is 0. The van der Waals surface area contributed by atoms with Crippen LogP contribution in [0.3, 0.4) is 0 Å². The molecule has 0 bridgehead atoms. The van der Waals surface area contributed by atoms with Crippen LogP contribution in [0, 0.1) is 0 Å². The molecule has 1 aliphatic rings. The number of furan rings is 1. The summed E-state index contributed by atoms with van der Waals surface area (Å²) in [5.74, 6) is -17.6. The van der Waals surface area contributed by atoms with Gasteiger partial charge in [-0.15, -0.1) is 0 Å². The van der Waals surface area contributed by atoms with Gasteiger partial charge >= 0.3 is 17.8 Å². The fourth-order valence-electron chi connectivity index (χ4n) is 6.67. The molecule has 0 aliphatic heterocycles. The minimum Gasteiger partial charge on any atom is -0.455 e. The molecule has 0 N–H and O–H groups in total. The number of hydrogen-bond acceptors (Lipinski definition) is 3. The number of halogens is 6. The molecule has 0 saturated carbocycles. The van der Waals surface area contributed by atoms with Crippen molar-refractivity contribution in [1.82, 2.24) is 0 Å². The first kappa shape index (κ1) is 33.0. The smallest absolute Gasteiger partial charge is 0.380 e. The third kappa shape index (κ3) is 5.23. The van der Waals surface area contributed by atoms with Gasteiger partial charge in [0.2, 0.25) is 0 Å². The van der Waals surface area contributed by atoms with Gasteiger partial charge in [-0.2, -0.15) is 26.3 Å². The zero-order valence-corrected chi connectivity index (χ0v) is 27.2. The van der Waals surface area contributed by atoms with Gasteiger partial charge in [-0.3, -0.25) is 0 Å². The molecule has 9 heteroatoms. The van der Waals surface area contributed by atoms with Gasteiger partial charge in [-0.05, 0) is 97.1 Å². The third-order valence-electron chi connectivity index (χ3n) is 9.16. The van der Waals surface area contributed by atoms with Gasteiger partial charge in [0.1, 0.15) is 11.5 Å². The molecule has 1 aliphatic carbocycles. The Morgan fingerprint density at radius 1 is 0.327 bits per heavy atom. The van der Waals surface area contributed by atoms with Gasteiger partial charge < -0.3 is 14.2 Å². The van der Waals surface area contributed by atoms with E-state index < -0.39 is 40.4 Å². The molecule has 0 unspecified atom stereocenters. The van der Waals surface area contributed by atoms with Crippen molar-refractivity contribution >= 4 is 34.1 Å². The lowest BCUT2D eigenvalue weighted by atomic mass is 10.0. The molecule has 8 rings (SSSR count). The molecule has 0 radical (unpaired) electrons. The summed E-state index contributed by atoms with van der Waals surface area (Å²) in [5.41, 5.74) is 1.27. The van der Waals surface area contributed by atoms with E-state index in [0.29, 0.717) is 11.4 Å². The maximum Gasteiger partial charge on any atom is 0.380 e. The van der Waals surface area contributed by atoms with E-state index in [2.05, 4.69) is 0 Å². The summed E-state index contributed by atoms with van der Waals surface area (Å²) in [6.07, 6.45) is 0. The highest BCUT2D eigenvalue weighted by Crippen LogP contribution is 2.67. The lowest BCUT2D eigenvalue weighted by Crippen LogP contribution is -2.43. The minimum absolute atomic E-state index is 0.0588. The van der Waals surface area contributed by atoms with E-state index in [1.807, 2.05) is 131 Å². The second-order valence-corrected chi connectivity index (χ2v) is 12.3. The molecule has 3 nitrogen and oxygen atoms in total. The summed E-state index contributed by atoms with van der Waals surface area (Å²) < 4.78 is 98.3. The molecular weight excluding hydrogens is 674 g/mol. The molecule has 7 aromatic rings. The highest BCUT2D eigenvalue weighted by molar-refractivity contribution is 5.82. The van der Waals surface area contributed by atoms with Crippen LogP contribution in [0.5, 0.6) is 0 Å². The summed E-state index contributed by atoms with van der Waals surface area (Å²) in [6, 6.07) is 49.5. The van der Waals surface area contributed by atoms with Crippen molar-refractivity contribution in [3.63, 3.8) is 0 Å². The Hall–Kier alpha value is -6.22. The van der Waals surface area contributed by atoms with Crippen LogP contribution in [-0.2, 0) is 11.8 Å². The normalized spacial score (nSPS) is 15.2. The first-order chi connectivity index (χ1) is 25.1. The Labute approximate surface area is 295 Å². The van der Waals surface area contributed by atoms with Crippen molar-refractivity contribution in [1.29, 1.82) is 0 Å². The Balaban J connectivity index is 1.24. The van der Waals surface area contributed by atoms with E-state index in [9.17, 15) is 0 Å². The topological polar surface area (TPSA) is 19.6 Å². The van der Waals surface area contributed by atoms with Crippen LogP contribution in [0.25, 0.3) is 22.6 Å². The Kier molecular flexibility index (Phi) is 7.94. The first-order valence-electron chi connectivity index (χ1n) is 16.4. The molecule has 258 valence electrons. The molecule has 0 amide bonds. The average molecular weight is 703 g/mol. The zero-order chi connectivity index (χ0) is 36.1. The SMILES string of the molecule is FC1(F)c2c(-c3ccc(N(c4ccccc4)c4ccccc4)cc3)oc(-c3ccc(N(c4ccccc4)c4ccccc4)cc3)c2C(F)(F)C1(F)F. The minimum atomic E-state index is -5.69. The van der Waals surface area contributed by atoms with Crippen molar-refractivity contribution in [3.8, 4) is 22.6 Å². The number of para-hydroxylation sites is 4. The monoisotopic (exact) mass is 702 g/mol. The number of nitrogens with zero attached hydrogens (tertiary/aromatic N) is 2. The van der Waals surface area contributed by atoms with E-state index in [1.54, 1.807) is 24.3 Å². The van der Waals surface area contributed by atoms with E-state index >= 15 is 26.3 Å². The summed E-state index contributed by atoms with van der Waals surface area (Å²) >= 11 is 0. The van der Waals surface area contributed by atoms with Gasteiger partial charge in [-0.1, -0.05) is 72.8 Å². The lowest BCUT2D eigenvalue weighted by Gasteiger charge is -2.26. The van der Waals surface area contributed by atoms with Crippen molar-refractivity contribution in [2.45, 2.75) is 17.8 Å². The maximum atomic E-state index is 15.6. The highest BCUT2D eigenvalue weighted by atomic mass is 19.3. The number of benzene rings is 6. The van der Waals surface area contributed by atoms with E-state index in [0.717, 1.165) is 22.7 Å². The number of alkyl halides is 6. The first-order valence-corrected chi connectivity index (χ1v) is 16.4. The van der Waals surface area contributed by atoms with Crippen molar-refractivity contribution in [2.24, 2.45) is 0 Å². The average Bonchev–Trinajstić information content (AvgIpc) is 3.64. The lowest BCUT2D eigenvalue weighted by molar-refractivity contribution is -0.302. The van der Waals surface area contributed by atoms with Gasteiger partial charge in [0, 0.05) is 45.3 Å². The molecule has 0 fully saturated rings. The molecule has 0 atom stereocenters. The van der Waals surface area contributed by atoms with Gasteiger partial charge in [0.05, 0.1) is 11.1 Å². The van der Waals surface area contributed by atoms with Crippen LogP contribution in [0.15, 0.2) is 174 Å². The summed E-state index contributed by atoms with van der Waals surface area (Å²) in [7, 11) is 0. The maximum absolute atomic E-state index is 15.6. The van der Waals surface area contributed by atoms with Gasteiger partial charge in [0.25, 0.3) is 0 Å². The van der Waals surface area contributed by atoms with E-state index in [1.165, 1.54) is 24.3 Å². The molecule has 0 spiro atoms. The fourth-order valence-corrected chi connectivity index (χ4v) is 6.67. The number of anilines is 6. The third-order valence-corrected chi connectivity index (χ3v) is 9.16. The quantitative estimate of drug-likeness (QED) is 0.147. The van der Waals surface area contributed by atoms with Crippen molar-refractivity contribution in [3.05, 3.63) is 181 Å². The largest absolute Gasteiger partial charge is 0.455 e. The summed E-state index contributed by atoms with van der Waals surface area (Å²) in [6.45, 7) is 0. The molecule has 0 saturated heterocycles. The van der Waals surface area contributed by atoms with Crippen molar-refractivity contribution < 1.29 is 30.8 Å². The Morgan fingerprint density at radius 3 is 0.846 bits per heavy atom. The van der Waals surface area contributed by atoms with Gasteiger partial charge in [-0.25, -0.2) is 0 Å². The van der Waals surface area contributed by atoms with Crippen LogP contribution in [0.4, 0.5) is 60.5 Å². The highest BCUT2D eigenvalue weighted by Gasteiger charge is 2.81. The molecule has 52 heavy (non-hydrogen) atoms. The fraction of sp³-hybridized carbons (Fsp3) is 0.0698. The number of hydrogen-bond donors (Lipinski definition) is 0.